The first kappa shape index (κ1) is 19.6. The summed E-state index contributed by atoms with van der Waals surface area (Å²) in [5, 5.41) is 38.7. The second kappa shape index (κ2) is 8.28. The van der Waals surface area contributed by atoms with E-state index in [1.165, 1.54) is 13.3 Å². The van der Waals surface area contributed by atoms with Gasteiger partial charge in [-0.05, 0) is 6.42 Å². The van der Waals surface area contributed by atoms with Crippen molar-refractivity contribution in [1.29, 1.82) is 0 Å². The number of nitrogens with zero attached hydrogens (tertiary/aromatic N) is 3. The van der Waals surface area contributed by atoms with Gasteiger partial charge in [0, 0.05) is 12.5 Å². The Morgan fingerprint density at radius 2 is 2.15 bits per heavy atom. The maximum absolute atomic E-state index is 10.2. The van der Waals surface area contributed by atoms with E-state index in [0.29, 0.717) is 18.9 Å². The molecule has 2 aromatic rings. The van der Waals surface area contributed by atoms with Crippen LogP contribution in [-0.4, -0.2) is 68.4 Å². The Kier molecular flexibility index (Phi) is 6.02. The summed E-state index contributed by atoms with van der Waals surface area (Å²) in [5.41, 5.74) is 2.22. The fourth-order valence-corrected chi connectivity index (χ4v) is 3.28. The van der Waals surface area contributed by atoms with Gasteiger partial charge in [0.15, 0.2) is 18.2 Å². The van der Waals surface area contributed by atoms with Crippen molar-refractivity contribution in [3.8, 4) is 0 Å². The Labute approximate surface area is 155 Å². The second-order valence-corrected chi connectivity index (χ2v) is 6.63. The van der Waals surface area contributed by atoms with Gasteiger partial charge in [-0.3, -0.25) is 4.98 Å². The lowest BCUT2D eigenvalue weighted by Crippen LogP contribution is -2.45. The molecular weight excluding hydrogens is 356 g/mol. The summed E-state index contributed by atoms with van der Waals surface area (Å²) in [6.45, 7) is 5.39. The van der Waals surface area contributed by atoms with Crippen LogP contribution in [0.4, 0.5) is 0 Å². The number of aromatic amines is 1. The van der Waals surface area contributed by atoms with Crippen LogP contribution in [-0.2, 0) is 9.47 Å². The molecule has 10 nitrogen and oxygen atoms in total. The minimum Gasteiger partial charge on any atom is -0.876 e. The quantitative estimate of drug-likeness (QED) is 0.362. The SMILES string of the molecule is C=C(C)[O-].OC[C@H]1O[C@@H]([n+]2c[nH]c3c(C4CCOC4)ncnc32)[C@@H](O)[C@H]1O. The van der Waals surface area contributed by atoms with Crippen molar-refractivity contribution in [3.63, 3.8) is 0 Å². The molecule has 0 radical (unpaired) electrons. The van der Waals surface area contributed by atoms with Gasteiger partial charge in [-0.15, -0.1) is 12.3 Å². The molecular formula is C17H24N4O6. The van der Waals surface area contributed by atoms with Crippen molar-refractivity contribution < 1.29 is 34.5 Å². The molecule has 0 bridgehead atoms. The summed E-state index contributed by atoms with van der Waals surface area (Å²) in [6.07, 6.45) is 0.0754. The highest BCUT2D eigenvalue weighted by molar-refractivity contribution is 5.69. The van der Waals surface area contributed by atoms with Crippen molar-refractivity contribution in [2.24, 2.45) is 0 Å². The fourth-order valence-electron chi connectivity index (χ4n) is 3.28. The van der Waals surface area contributed by atoms with Gasteiger partial charge in [0.1, 0.15) is 18.3 Å². The van der Waals surface area contributed by atoms with Gasteiger partial charge in [0.05, 0.1) is 18.9 Å². The summed E-state index contributed by atoms with van der Waals surface area (Å²) < 4.78 is 12.6. The Bertz CT molecular complexity index is 787. The molecule has 10 heteroatoms. The van der Waals surface area contributed by atoms with Crippen LogP contribution < -0.4 is 9.67 Å². The second-order valence-electron chi connectivity index (χ2n) is 6.63. The summed E-state index contributed by atoms with van der Waals surface area (Å²) in [6, 6.07) is 0. The Hall–Kier alpha value is -2.11. The highest BCUT2D eigenvalue weighted by atomic mass is 16.6. The van der Waals surface area contributed by atoms with Crippen LogP contribution in [0.1, 0.15) is 31.2 Å². The van der Waals surface area contributed by atoms with Crippen LogP contribution in [0, 0.1) is 0 Å². The number of fused-ring (bicyclic) bond motifs is 1. The highest BCUT2D eigenvalue weighted by Gasteiger charge is 2.46. The minimum atomic E-state index is -1.15. The van der Waals surface area contributed by atoms with Gasteiger partial charge >= 0.3 is 5.65 Å². The van der Waals surface area contributed by atoms with E-state index in [-0.39, 0.29) is 18.3 Å². The van der Waals surface area contributed by atoms with Gasteiger partial charge in [-0.25, -0.2) is 9.55 Å². The molecule has 1 unspecified atom stereocenters. The molecule has 5 atom stereocenters. The van der Waals surface area contributed by atoms with Crippen LogP contribution in [0.3, 0.4) is 0 Å². The Balaban J connectivity index is 0.000000481. The van der Waals surface area contributed by atoms with E-state index in [2.05, 4.69) is 21.5 Å². The molecule has 2 saturated heterocycles. The third-order valence-corrected chi connectivity index (χ3v) is 4.56. The molecule has 0 aromatic carbocycles. The van der Waals surface area contributed by atoms with Gasteiger partial charge in [-0.2, -0.15) is 0 Å². The molecule has 4 heterocycles. The Morgan fingerprint density at radius 3 is 2.74 bits per heavy atom. The van der Waals surface area contributed by atoms with E-state index in [1.807, 2.05) is 0 Å². The molecule has 0 aliphatic carbocycles. The molecule has 2 fully saturated rings. The van der Waals surface area contributed by atoms with Gasteiger partial charge in [0.2, 0.25) is 6.23 Å². The number of aliphatic hydroxyl groups is 3. The van der Waals surface area contributed by atoms with Crippen molar-refractivity contribution >= 4 is 11.2 Å². The number of allylic oxidation sites excluding steroid dienone is 1. The van der Waals surface area contributed by atoms with Crippen molar-refractivity contribution in [2.75, 3.05) is 19.8 Å². The zero-order valence-corrected chi connectivity index (χ0v) is 15.0. The van der Waals surface area contributed by atoms with Crippen LogP contribution in [0.15, 0.2) is 25.0 Å². The molecule has 27 heavy (non-hydrogen) atoms. The average Bonchev–Trinajstić information content (AvgIpc) is 3.35. The third-order valence-electron chi connectivity index (χ3n) is 4.56. The molecule has 2 aliphatic heterocycles. The number of hydrogen-bond donors (Lipinski definition) is 4. The first-order valence-electron chi connectivity index (χ1n) is 8.69. The van der Waals surface area contributed by atoms with Gasteiger partial charge < -0.3 is 29.9 Å². The standard InChI is InChI=1S/C14H18N4O5.C3H6O/c19-3-8-11(20)12(21)14(23-8)18-6-17-10-9(7-1-2-22-4-7)15-5-16-13(10)18;1-3(2)4/h5-8,11-12,14,19-21H,1-4H2;4H,1H2,2H3/t7?,8-,11+,12+,14-;/m1./s1. The van der Waals surface area contributed by atoms with Crippen LogP contribution in [0.25, 0.3) is 11.2 Å². The number of aliphatic hydroxyl groups excluding tert-OH is 3. The molecule has 4 N–H and O–H groups in total. The van der Waals surface area contributed by atoms with Crippen molar-refractivity contribution in [2.45, 2.75) is 43.8 Å². The smallest absolute Gasteiger partial charge is 0.307 e. The molecule has 0 spiro atoms. The molecule has 148 valence electrons. The minimum absolute atomic E-state index is 0.0833. The predicted octanol–water partition coefficient (Wildman–Crippen LogP) is -1.76. The van der Waals surface area contributed by atoms with Gasteiger partial charge in [0.25, 0.3) is 0 Å². The largest absolute Gasteiger partial charge is 0.876 e. The lowest BCUT2D eigenvalue weighted by molar-refractivity contribution is -0.745. The number of aromatic nitrogens is 4. The molecule has 0 amide bonds. The normalized spacial score (nSPS) is 30.3. The van der Waals surface area contributed by atoms with Gasteiger partial charge in [-0.1, -0.05) is 11.9 Å². The third kappa shape index (κ3) is 3.94. The molecule has 4 rings (SSSR count). The number of H-pyrrole nitrogens is 1. The lowest BCUT2D eigenvalue weighted by atomic mass is 10.0. The number of rotatable bonds is 3. The predicted molar refractivity (Wildman–Crippen MR) is 90.1 cm³/mol. The Morgan fingerprint density at radius 1 is 1.41 bits per heavy atom. The topological polar surface area (TPSA) is 148 Å². The molecule has 0 saturated carbocycles. The maximum atomic E-state index is 10.2. The van der Waals surface area contributed by atoms with E-state index in [0.717, 1.165) is 17.6 Å². The summed E-state index contributed by atoms with van der Waals surface area (Å²) in [4.78, 5) is 11.8. The zero-order chi connectivity index (χ0) is 19.6. The monoisotopic (exact) mass is 380 g/mol. The highest BCUT2D eigenvalue weighted by Crippen LogP contribution is 2.29. The molecule has 2 aliphatic rings. The van der Waals surface area contributed by atoms with E-state index in [4.69, 9.17) is 9.47 Å². The maximum Gasteiger partial charge on any atom is 0.307 e. The van der Waals surface area contributed by atoms with E-state index < -0.39 is 24.5 Å². The number of ether oxygens (including phenoxy) is 2. The fraction of sp³-hybridized carbons (Fsp3) is 0.588. The van der Waals surface area contributed by atoms with E-state index in [1.54, 1.807) is 10.9 Å². The zero-order valence-electron chi connectivity index (χ0n) is 15.0. The van der Waals surface area contributed by atoms with Crippen LogP contribution >= 0.6 is 0 Å². The lowest BCUT2D eigenvalue weighted by Gasteiger charge is -2.12. The summed E-state index contributed by atoms with van der Waals surface area (Å²) >= 11 is 0. The van der Waals surface area contributed by atoms with E-state index >= 15 is 0 Å². The molecule has 2 aromatic heterocycles. The summed E-state index contributed by atoms with van der Waals surface area (Å²) in [7, 11) is 0. The van der Waals surface area contributed by atoms with E-state index in [9.17, 15) is 20.4 Å². The first-order chi connectivity index (χ1) is 12.9. The van der Waals surface area contributed by atoms with Crippen LogP contribution in [0.2, 0.25) is 0 Å². The van der Waals surface area contributed by atoms with Crippen molar-refractivity contribution in [1.82, 2.24) is 15.0 Å². The van der Waals surface area contributed by atoms with Crippen molar-refractivity contribution in [3.05, 3.63) is 30.7 Å². The summed E-state index contributed by atoms with van der Waals surface area (Å²) in [5.74, 6) is 0.123. The average molecular weight is 380 g/mol. The van der Waals surface area contributed by atoms with Crippen LogP contribution in [0.5, 0.6) is 0 Å². The first-order valence-corrected chi connectivity index (χ1v) is 8.69. The number of nitrogens with one attached hydrogen (secondary N) is 1. The number of imidazole rings is 1. The number of hydrogen-bond acceptors (Lipinski definition) is 8.